The monoisotopic (exact) mass is 236 g/mol. The van der Waals surface area contributed by atoms with Crippen molar-refractivity contribution in [2.45, 2.75) is 13.3 Å². The lowest BCUT2D eigenvalue weighted by molar-refractivity contribution is 0.238. The molecule has 0 aromatic carbocycles. The largest absolute Gasteiger partial charge is 0.396 e. The first-order valence-electron chi connectivity index (χ1n) is 5.99. The van der Waals surface area contributed by atoms with Crippen molar-refractivity contribution in [3.8, 4) is 0 Å². The topological polar surface area (TPSA) is 52.5 Å². The van der Waals surface area contributed by atoms with Gasteiger partial charge in [-0.1, -0.05) is 0 Å². The highest BCUT2D eigenvalue weighted by atomic mass is 16.3. The van der Waals surface area contributed by atoms with E-state index in [2.05, 4.69) is 14.9 Å². The van der Waals surface area contributed by atoms with Crippen molar-refractivity contribution >= 4 is 11.6 Å². The molecule has 1 N–H and O–H groups in total. The number of aryl methyl sites for hydroxylation is 1. The fourth-order valence-corrected chi connectivity index (χ4v) is 2.12. The number of aliphatic hydroxyl groups is 1. The van der Waals surface area contributed by atoms with Crippen LogP contribution < -0.4 is 9.80 Å². The van der Waals surface area contributed by atoms with Crippen LogP contribution in [0.5, 0.6) is 0 Å². The summed E-state index contributed by atoms with van der Waals surface area (Å²) in [7, 11) is 3.96. The average Bonchev–Trinajstić information content (AvgIpc) is 2.76. The van der Waals surface area contributed by atoms with E-state index in [0.717, 1.165) is 37.0 Å². The van der Waals surface area contributed by atoms with Crippen molar-refractivity contribution in [3.63, 3.8) is 0 Å². The van der Waals surface area contributed by atoms with Gasteiger partial charge in [0.25, 0.3) is 0 Å². The maximum Gasteiger partial charge on any atom is 0.134 e. The van der Waals surface area contributed by atoms with E-state index in [1.807, 2.05) is 32.0 Å². The van der Waals surface area contributed by atoms with E-state index in [1.54, 1.807) is 0 Å². The van der Waals surface area contributed by atoms with Gasteiger partial charge in [0.05, 0.1) is 0 Å². The Kier molecular flexibility index (Phi) is 3.47. The second kappa shape index (κ2) is 4.87. The van der Waals surface area contributed by atoms with Gasteiger partial charge in [0.2, 0.25) is 0 Å². The van der Waals surface area contributed by atoms with Gasteiger partial charge >= 0.3 is 0 Å². The Balaban J connectivity index is 2.21. The maximum absolute atomic E-state index is 9.16. The lowest BCUT2D eigenvalue weighted by atomic mass is 10.1. The molecule has 0 radical (unpaired) electrons. The maximum atomic E-state index is 9.16. The normalized spacial score (nSPS) is 19.8. The molecule has 1 atom stereocenters. The number of hydrogen-bond acceptors (Lipinski definition) is 5. The fraction of sp³-hybridized carbons (Fsp3) is 0.667. The third-order valence-electron chi connectivity index (χ3n) is 3.14. The van der Waals surface area contributed by atoms with Crippen LogP contribution in [0.2, 0.25) is 0 Å². The number of hydrogen-bond donors (Lipinski definition) is 1. The van der Waals surface area contributed by atoms with Gasteiger partial charge < -0.3 is 14.9 Å². The van der Waals surface area contributed by atoms with Crippen molar-refractivity contribution in [2.75, 3.05) is 43.6 Å². The minimum absolute atomic E-state index is 0.265. The molecule has 94 valence electrons. The number of nitrogens with zero attached hydrogens (tertiary/aromatic N) is 4. The molecule has 2 heterocycles. The lowest BCUT2D eigenvalue weighted by Crippen LogP contribution is -2.23. The first-order valence-corrected chi connectivity index (χ1v) is 5.99. The molecule has 1 aliphatic heterocycles. The predicted octanol–water partition coefficient (Wildman–Crippen LogP) is 0.670. The summed E-state index contributed by atoms with van der Waals surface area (Å²) >= 11 is 0. The first kappa shape index (κ1) is 12.1. The van der Waals surface area contributed by atoms with Gasteiger partial charge in [-0.2, -0.15) is 0 Å². The highest BCUT2D eigenvalue weighted by Gasteiger charge is 2.23. The third-order valence-corrected chi connectivity index (χ3v) is 3.14. The average molecular weight is 236 g/mol. The van der Waals surface area contributed by atoms with E-state index >= 15 is 0 Å². The van der Waals surface area contributed by atoms with Crippen LogP contribution >= 0.6 is 0 Å². The Morgan fingerprint density at radius 1 is 1.47 bits per heavy atom. The quantitative estimate of drug-likeness (QED) is 0.836. The number of aliphatic hydroxyl groups excluding tert-OH is 1. The molecule has 1 saturated heterocycles. The summed E-state index contributed by atoms with van der Waals surface area (Å²) in [6.45, 7) is 4.03. The Labute approximate surface area is 102 Å². The highest BCUT2D eigenvalue weighted by molar-refractivity contribution is 5.50. The number of rotatable bonds is 3. The van der Waals surface area contributed by atoms with E-state index in [4.69, 9.17) is 5.11 Å². The summed E-state index contributed by atoms with van der Waals surface area (Å²) in [5.41, 5.74) is 0. The molecule has 2 rings (SSSR count). The van der Waals surface area contributed by atoms with Gasteiger partial charge in [-0.05, 0) is 13.3 Å². The van der Waals surface area contributed by atoms with Crippen LogP contribution in [0.15, 0.2) is 6.07 Å². The van der Waals surface area contributed by atoms with Crippen molar-refractivity contribution in [1.29, 1.82) is 0 Å². The molecule has 1 fully saturated rings. The SMILES string of the molecule is Cc1nc(N(C)C)cc(N2CCC(CO)C2)n1. The molecule has 0 spiro atoms. The van der Waals surface area contributed by atoms with Gasteiger partial charge in [-0.15, -0.1) is 0 Å². The third kappa shape index (κ3) is 2.66. The Morgan fingerprint density at radius 3 is 2.82 bits per heavy atom. The first-order chi connectivity index (χ1) is 8.10. The molecule has 1 aromatic heterocycles. The van der Waals surface area contributed by atoms with Gasteiger partial charge in [-0.25, -0.2) is 9.97 Å². The Hall–Kier alpha value is -1.36. The molecular weight excluding hydrogens is 216 g/mol. The van der Waals surface area contributed by atoms with Gasteiger partial charge in [0.15, 0.2) is 0 Å². The molecule has 0 amide bonds. The van der Waals surface area contributed by atoms with Gasteiger partial charge in [-0.3, -0.25) is 0 Å². The van der Waals surface area contributed by atoms with E-state index < -0.39 is 0 Å². The number of aromatic nitrogens is 2. The molecule has 17 heavy (non-hydrogen) atoms. The van der Waals surface area contributed by atoms with Crippen LogP contribution in [0, 0.1) is 12.8 Å². The number of anilines is 2. The molecule has 5 nitrogen and oxygen atoms in total. The Morgan fingerprint density at radius 2 is 2.24 bits per heavy atom. The molecule has 1 aliphatic rings. The summed E-state index contributed by atoms with van der Waals surface area (Å²) in [5, 5.41) is 9.16. The van der Waals surface area contributed by atoms with Crippen LogP contribution in [0.1, 0.15) is 12.2 Å². The zero-order chi connectivity index (χ0) is 12.4. The zero-order valence-corrected chi connectivity index (χ0v) is 10.7. The van der Waals surface area contributed by atoms with Crippen molar-refractivity contribution in [2.24, 2.45) is 5.92 Å². The van der Waals surface area contributed by atoms with Crippen LogP contribution in [0.4, 0.5) is 11.6 Å². The van der Waals surface area contributed by atoms with E-state index in [0.29, 0.717) is 5.92 Å². The van der Waals surface area contributed by atoms with E-state index in [1.165, 1.54) is 0 Å². The zero-order valence-electron chi connectivity index (χ0n) is 10.7. The Bertz CT molecular complexity index is 394. The minimum Gasteiger partial charge on any atom is -0.396 e. The molecule has 1 unspecified atom stereocenters. The second-order valence-corrected chi connectivity index (χ2v) is 4.81. The molecular formula is C12H20N4O. The predicted molar refractivity (Wildman–Crippen MR) is 68.5 cm³/mol. The van der Waals surface area contributed by atoms with Crippen LogP contribution in [0.25, 0.3) is 0 Å². The second-order valence-electron chi connectivity index (χ2n) is 4.81. The fourth-order valence-electron chi connectivity index (χ4n) is 2.12. The van der Waals surface area contributed by atoms with Gasteiger partial charge in [0.1, 0.15) is 17.5 Å². The smallest absolute Gasteiger partial charge is 0.134 e. The van der Waals surface area contributed by atoms with Crippen molar-refractivity contribution in [1.82, 2.24) is 9.97 Å². The molecule has 1 aromatic rings. The minimum atomic E-state index is 0.265. The highest BCUT2D eigenvalue weighted by Crippen LogP contribution is 2.24. The van der Waals surface area contributed by atoms with Crippen LogP contribution in [-0.4, -0.2) is 48.9 Å². The molecule has 0 bridgehead atoms. The van der Waals surface area contributed by atoms with Crippen LogP contribution in [0.3, 0.4) is 0 Å². The summed E-state index contributed by atoms with van der Waals surface area (Å²) in [6.07, 6.45) is 1.04. The summed E-state index contributed by atoms with van der Waals surface area (Å²) in [5.74, 6) is 3.07. The van der Waals surface area contributed by atoms with Gasteiger partial charge in [0, 0.05) is 45.8 Å². The molecule has 5 heteroatoms. The van der Waals surface area contributed by atoms with Crippen molar-refractivity contribution < 1.29 is 5.11 Å². The van der Waals surface area contributed by atoms with E-state index in [-0.39, 0.29) is 6.61 Å². The van der Waals surface area contributed by atoms with Crippen molar-refractivity contribution in [3.05, 3.63) is 11.9 Å². The van der Waals surface area contributed by atoms with E-state index in [9.17, 15) is 0 Å². The summed E-state index contributed by atoms with van der Waals surface area (Å²) < 4.78 is 0. The standard InChI is InChI=1S/C12H20N4O/c1-9-13-11(15(2)3)6-12(14-9)16-5-4-10(7-16)8-17/h6,10,17H,4-5,7-8H2,1-3H3. The molecule has 0 aliphatic carbocycles. The molecule has 0 saturated carbocycles. The summed E-state index contributed by atoms with van der Waals surface area (Å²) in [6, 6.07) is 2.01. The lowest BCUT2D eigenvalue weighted by Gasteiger charge is -2.20. The van der Waals surface area contributed by atoms with Crippen LogP contribution in [-0.2, 0) is 0 Å². The summed E-state index contributed by atoms with van der Waals surface area (Å²) in [4.78, 5) is 13.1.